The molecule has 0 amide bonds. The lowest BCUT2D eigenvalue weighted by Gasteiger charge is -2.19. The Morgan fingerprint density at radius 2 is 0.875 bits per heavy atom. The summed E-state index contributed by atoms with van der Waals surface area (Å²) in [6, 6.07) is 1.71. The van der Waals surface area contributed by atoms with Gasteiger partial charge >= 0.3 is 0 Å². The molecule has 186 valence electrons. The molecule has 0 aliphatic heterocycles. The lowest BCUT2D eigenvalue weighted by molar-refractivity contribution is 1.65. The monoisotopic (exact) mass is 524 g/mol. The van der Waals surface area contributed by atoms with Crippen LogP contribution in [0.5, 0.6) is 0 Å². The van der Waals surface area contributed by atoms with Gasteiger partial charge in [0.05, 0.1) is 24.7 Å². The first-order chi connectivity index (χ1) is 27.4. The zero-order chi connectivity index (χ0) is 42.1. The van der Waals surface area contributed by atoms with E-state index < -0.39 is 131 Å². The molecule has 0 N–H and O–H groups in total. The molecule has 8 rings (SSSR count). The molecule has 0 bridgehead atoms. The van der Waals surface area contributed by atoms with Crippen LogP contribution in [0.3, 0.4) is 0 Å². The highest BCUT2D eigenvalue weighted by atomic mass is 14.2. The number of hydrogen-bond donors (Lipinski definition) is 0. The average molecular weight is 525 g/mol. The van der Waals surface area contributed by atoms with Crippen molar-refractivity contribution in [1.82, 2.24) is 0 Å². The Morgan fingerprint density at radius 3 is 1.55 bits per heavy atom. The van der Waals surface area contributed by atoms with Crippen molar-refractivity contribution in [2.45, 2.75) is 0 Å². The average Bonchev–Trinajstić information content (AvgIpc) is 3.21. The van der Waals surface area contributed by atoms with Gasteiger partial charge in [0.25, 0.3) is 0 Å². The van der Waals surface area contributed by atoms with Crippen LogP contribution in [-0.2, 0) is 0 Å². The Balaban J connectivity index is 1.63. The van der Waals surface area contributed by atoms with Gasteiger partial charge in [0.2, 0.25) is 0 Å². The molecule has 0 spiro atoms. The van der Waals surface area contributed by atoms with Crippen molar-refractivity contribution in [2.24, 2.45) is 0 Å². The molecule has 0 radical (unpaired) electrons. The van der Waals surface area contributed by atoms with Crippen molar-refractivity contribution in [3.63, 3.8) is 0 Å². The summed E-state index contributed by atoms with van der Waals surface area (Å²) >= 11 is 0. The molecular weight excluding hydrogens is 480 g/mol. The summed E-state index contributed by atoms with van der Waals surface area (Å²) in [4.78, 5) is 0. The van der Waals surface area contributed by atoms with Crippen molar-refractivity contribution < 1.29 is 24.7 Å². The van der Waals surface area contributed by atoms with Gasteiger partial charge in [-0.2, -0.15) is 0 Å². The number of hydrogen-bond acceptors (Lipinski definition) is 0. The summed E-state index contributed by atoms with van der Waals surface area (Å²) in [5.41, 5.74) is -0.748. The second kappa shape index (κ2) is 9.22. The Bertz CT molecular complexity index is 3120. The van der Waals surface area contributed by atoms with Crippen molar-refractivity contribution in [3.05, 3.63) is 157 Å². The van der Waals surface area contributed by atoms with Crippen molar-refractivity contribution in [3.8, 4) is 33.4 Å². The molecule has 8 aromatic rings. The van der Waals surface area contributed by atoms with Gasteiger partial charge in [-0.05, 0) is 82.5 Å². The molecule has 0 saturated heterocycles. The van der Waals surface area contributed by atoms with Crippen LogP contribution in [0.25, 0.3) is 76.5 Å². The molecule has 0 aromatic heterocycles. The van der Waals surface area contributed by atoms with E-state index in [1.807, 2.05) is 0 Å². The maximum Gasteiger partial charge on any atom is 0.0636 e. The largest absolute Gasteiger partial charge is 0.0636 e. The molecule has 0 aliphatic carbocycles. The van der Waals surface area contributed by atoms with E-state index in [0.717, 1.165) is 0 Å². The maximum atomic E-state index is 9.65. The number of fused-ring (bicyclic) bond motifs is 4. The van der Waals surface area contributed by atoms with E-state index in [2.05, 4.69) is 0 Å². The fraction of sp³-hybridized carbons (Fsp3) is 0. The smallest absolute Gasteiger partial charge is 0.0622 e. The minimum atomic E-state index is -0.754. The summed E-state index contributed by atoms with van der Waals surface area (Å²) in [5.74, 6) is 0. The van der Waals surface area contributed by atoms with Crippen LogP contribution in [0.2, 0.25) is 0 Å². The normalized spacial score (nSPS) is 17.8. The van der Waals surface area contributed by atoms with Gasteiger partial charge in [-0.3, -0.25) is 0 Å². The van der Waals surface area contributed by atoms with Crippen LogP contribution >= 0.6 is 0 Å². The van der Waals surface area contributed by atoms with E-state index in [9.17, 15) is 6.85 Å². The van der Waals surface area contributed by atoms with Gasteiger partial charge in [-0.25, -0.2) is 0 Å². The fourth-order valence-electron chi connectivity index (χ4n) is 5.26. The Labute approximate surface area is 259 Å². The maximum absolute atomic E-state index is 9.65. The standard InChI is InChI=1S/C40H26/c1-2-13-28(14-3-1)39-34-18-8-10-20-36(34)40(37-21-11-9-19-35(37)39)38-25-24-31(32-16-6-7-17-33(32)38)30-23-22-27-12-4-5-15-29(27)26-30/h1-26H/i1D,2D,3D,4D,5D,6D,7D,12D,13D,14D,15D,16D,17D,22D,23D,24D,25D,26D. The van der Waals surface area contributed by atoms with E-state index in [4.69, 9.17) is 17.8 Å². The predicted octanol–water partition coefficient (Wildman–Crippen LogP) is 11.3. The molecule has 0 nitrogen and oxygen atoms in total. The van der Waals surface area contributed by atoms with Crippen LogP contribution < -0.4 is 0 Å². The molecule has 0 aliphatic rings. The quantitative estimate of drug-likeness (QED) is 0.202. The Hall–Kier alpha value is -5.20. The molecule has 0 saturated carbocycles. The van der Waals surface area contributed by atoms with Crippen LogP contribution in [0, 0.1) is 0 Å². The molecule has 0 heterocycles. The van der Waals surface area contributed by atoms with Crippen molar-refractivity contribution >= 4 is 43.1 Å². The predicted molar refractivity (Wildman–Crippen MR) is 173 cm³/mol. The van der Waals surface area contributed by atoms with Crippen LogP contribution in [-0.4, -0.2) is 0 Å². The Kier molecular flexibility index (Phi) is 2.56. The zero-order valence-corrected chi connectivity index (χ0v) is 20.6. The minimum absolute atomic E-state index is 0.0919. The van der Waals surface area contributed by atoms with E-state index in [0.29, 0.717) is 21.5 Å². The summed E-state index contributed by atoms with van der Waals surface area (Å²) in [7, 11) is 0. The molecule has 40 heavy (non-hydrogen) atoms. The van der Waals surface area contributed by atoms with Crippen LogP contribution in [0.1, 0.15) is 24.7 Å². The second-order valence-electron chi connectivity index (χ2n) is 9.09. The third-order valence-electron chi connectivity index (χ3n) is 6.93. The lowest BCUT2D eigenvalue weighted by Crippen LogP contribution is -1.92. The lowest BCUT2D eigenvalue weighted by atomic mass is 9.84. The molecule has 0 fully saturated rings. The topological polar surface area (TPSA) is 0 Å². The first-order valence-electron chi connectivity index (χ1n) is 21.4. The van der Waals surface area contributed by atoms with E-state index >= 15 is 0 Å². The van der Waals surface area contributed by atoms with Gasteiger partial charge in [0.1, 0.15) is 0 Å². The minimum Gasteiger partial charge on any atom is -0.0622 e. The second-order valence-corrected chi connectivity index (χ2v) is 9.09. The summed E-state index contributed by atoms with van der Waals surface area (Å²) < 4.78 is 158. The highest BCUT2D eigenvalue weighted by Crippen LogP contribution is 2.46. The van der Waals surface area contributed by atoms with Crippen LogP contribution in [0.15, 0.2) is 157 Å². The molecule has 0 heteroatoms. The highest BCUT2D eigenvalue weighted by molar-refractivity contribution is 6.24. The zero-order valence-electron chi connectivity index (χ0n) is 38.6. The first-order valence-corrected chi connectivity index (χ1v) is 12.4. The van der Waals surface area contributed by atoms with Gasteiger partial charge < -0.3 is 0 Å². The van der Waals surface area contributed by atoms with E-state index in [1.165, 1.54) is 0 Å². The van der Waals surface area contributed by atoms with Crippen molar-refractivity contribution in [2.75, 3.05) is 0 Å². The molecule has 8 aromatic carbocycles. The first kappa shape index (κ1) is 11.1. The van der Waals surface area contributed by atoms with Gasteiger partial charge in [0, 0.05) is 0 Å². The molecule has 0 unspecified atom stereocenters. The van der Waals surface area contributed by atoms with Crippen molar-refractivity contribution in [1.29, 1.82) is 0 Å². The highest BCUT2D eigenvalue weighted by Gasteiger charge is 2.18. The van der Waals surface area contributed by atoms with Gasteiger partial charge in [-0.1, -0.05) is 151 Å². The summed E-state index contributed by atoms with van der Waals surface area (Å²) in [6.07, 6.45) is 0. The summed E-state index contributed by atoms with van der Waals surface area (Å²) in [6.45, 7) is 0. The number of benzene rings is 8. The molecule has 0 atom stereocenters. The van der Waals surface area contributed by atoms with Gasteiger partial charge in [-0.15, -0.1) is 0 Å². The third-order valence-corrected chi connectivity index (χ3v) is 6.93. The SMILES string of the molecule is [2H]c1c([2H])c([2H])c(-c2c3ccccc3c(-c3c([2H])c([2H])c(-c4c([2H])c([2H])c5c([2H])c([2H])c([2H])c([2H])c5c4[2H])c4c([2H])c([2H])c([2H])c([2H])c34)c3ccccc23)c([2H])c1[2H]. The fourth-order valence-corrected chi connectivity index (χ4v) is 5.26. The Morgan fingerprint density at radius 1 is 0.350 bits per heavy atom. The molecular formula is C40H26. The van der Waals surface area contributed by atoms with Gasteiger partial charge in [0.15, 0.2) is 0 Å². The van der Waals surface area contributed by atoms with E-state index in [-0.39, 0.29) is 33.0 Å². The third kappa shape index (κ3) is 3.54. The number of rotatable bonds is 3. The van der Waals surface area contributed by atoms with Crippen LogP contribution in [0.4, 0.5) is 0 Å². The van der Waals surface area contributed by atoms with E-state index in [1.54, 1.807) is 48.5 Å². The summed E-state index contributed by atoms with van der Waals surface area (Å²) in [5, 5.41) is -0.0794.